The zero-order chi connectivity index (χ0) is 18.8. The number of hydrogen-bond donors (Lipinski definition) is 1. The SMILES string of the molecule is Cc1ccc(C(=O)Nc2ccccc2C(C)C)cc1N(C)S(C)(=O)=O. The van der Waals surface area contributed by atoms with Crippen LogP contribution in [0, 0.1) is 6.92 Å². The molecule has 1 amide bonds. The zero-order valence-electron chi connectivity index (χ0n) is 15.2. The molecule has 2 aromatic carbocycles. The molecular weight excluding hydrogens is 336 g/mol. The van der Waals surface area contributed by atoms with Crippen LogP contribution in [-0.2, 0) is 10.0 Å². The summed E-state index contributed by atoms with van der Waals surface area (Å²) in [5, 5.41) is 2.93. The molecule has 2 aromatic rings. The normalized spacial score (nSPS) is 11.4. The lowest BCUT2D eigenvalue weighted by Crippen LogP contribution is -2.26. The highest BCUT2D eigenvalue weighted by atomic mass is 32.2. The van der Waals surface area contributed by atoms with Gasteiger partial charge in [0, 0.05) is 18.3 Å². The number of amides is 1. The number of nitrogens with one attached hydrogen (secondary N) is 1. The van der Waals surface area contributed by atoms with Crippen molar-refractivity contribution in [3.8, 4) is 0 Å². The largest absolute Gasteiger partial charge is 0.322 e. The highest BCUT2D eigenvalue weighted by Gasteiger charge is 2.17. The Kier molecular flexibility index (Phi) is 5.52. The van der Waals surface area contributed by atoms with Gasteiger partial charge in [-0.25, -0.2) is 8.42 Å². The van der Waals surface area contributed by atoms with Crippen molar-refractivity contribution in [1.82, 2.24) is 0 Å². The molecular formula is C19H24N2O3S. The van der Waals surface area contributed by atoms with Gasteiger partial charge in [-0.15, -0.1) is 0 Å². The Hall–Kier alpha value is -2.34. The lowest BCUT2D eigenvalue weighted by atomic mass is 10.0. The smallest absolute Gasteiger partial charge is 0.255 e. The summed E-state index contributed by atoms with van der Waals surface area (Å²) in [6, 6.07) is 12.7. The molecule has 2 rings (SSSR count). The summed E-state index contributed by atoms with van der Waals surface area (Å²) in [6.07, 6.45) is 1.14. The number of aryl methyl sites for hydroxylation is 1. The predicted octanol–water partition coefficient (Wildman–Crippen LogP) is 3.77. The van der Waals surface area contributed by atoms with Crippen molar-refractivity contribution in [2.45, 2.75) is 26.7 Å². The quantitative estimate of drug-likeness (QED) is 0.883. The fourth-order valence-electron chi connectivity index (χ4n) is 2.58. The summed E-state index contributed by atoms with van der Waals surface area (Å²) >= 11 is 0. The van der Waals surface area contributed by atoms with E-state index in [-0.39, 0.29) is 11.8 Å². The Balaban J connectivity index is 2.35. The highest BCUT2D eigenvalue weighted by Crippen LogP contribution is 2.26. The van der Waals surface area contributed by atoms with Gasteiger partial charge in [0.2, 0.25) is 10.0 Å². The number of para-hydroxylation sites is 1. The average Bonchev–Trinajstić information content (AvgIpc) is 2.54. The van der Waals surface area contributed by atoms with E-state index in [1.165, 1.54) is 11.4 Å². The van der Waals surface area contributed by atoms with Crippen molar-refractivity contribution in [3.63, 3.8) is 0 Å². The average molecular weight is 360 g/mol. The Morgan fingerprint density at radius 1 is 1.12 bits per heavy atom. The summed E-state index contributed by atoms with van der Waals surface area (Å²) in [6.45, 7) is 5.94. The van der Waals surface area contributed by atoms with Crippen molar-refractivity contribution in [1.29, 1.82) is 0 Å². The molecule has 0 aliphatic heterocycles. The second-order valence-electron chi connectivity index (χ2n) is 6.43. The van der Waals surface area contributed by atoms with Crippen molar-refractivity contribution in [2.75, 3.05) is 22.9 Å². The molecule has 0 spiro atoms. The number of hydrogen-bond acceptors (Lipinski definition) is 3. The Morgan fingerprint density at radius 2 is 1.76 bits per heavy atom. The molecule has 0 saturated carbocycles. The molecule has 0 unspecified atom stereocenters. The highest BCUT2D eigenvalue weighted by molar-refractivity contribution is 7.92. The first kappa shape index (κ1) is 19.0. The monoisotopic (exact) mass is 360 g/mol. The van der Waals surface area contributed by atoms with E-state index in [9.17, 15) is 13.2 Å². The van der Waals surface area contributed by atoms with E-state index in [2.05, 4.69) is 19.2 Å². The summed E-state index contributed by atoms with van der Waals surface area (Å²) in [5.41, 5.74) is 3.51. The van der Waals surface area contributed by atoms with Crippen LogP contribution < -0.4 is 9.62 Å². The minimum atomic E-state index is -3.40. The zero-order valence-corrected chi connectivity index (χ0v) is 16.0. The molecule has 0 aromatic heterocycles. The Morgan fingerprint density at radius 3 is 2.36 bits per heavy atom. The standard InChI is InChI=1S/C19H24N2O3S/c1-13(2)16-8-6-7-9-17(16)20-19(22)15-11-10-14(3)18(12-15)21(4)25(5,23)24/h6-13H,1-5H3,(H,20,22). The third kappa shape index (κ3) is 4.39. The molecule has 25 heavy (non-hydrogen) atoms. The van der Waals surface area contributed by atoms with Gasteiger partial charge in [-0.3, -0.25) is 9.10 Å². The van der Waals surface area contributed by atoms with E-state index < -0.39 is 10.0 Å². The molecule has 134 valence electrons. The summed E-state index contributed by atoms with van der Waals surface area (Å²) in [5.74, 6) is 0.0118. The number of sulfonamides is 1. The third-order valence-corrected chi connectivity index (χ3v) is 5.33. The topological polar surface area (TPSA) is 66.5 Å². The summed E-state index contributed by atoms with van der Waals surface area (Å²) in [7, 11) is -1.92. The predicted molar refractivity (Wildman–Crippen MR) is 103 cm³/mol. The molecule has 1 N–H and O–H groups in total. The second kappa shape index (κ2) is 7.27. The van der Waals surface area contributed by atoms with Gasteiger partial charge in [-0.1, -0.05) is 38.1 Å². The number of benzene rings is 2. The molecule has 0 bridgehead atoms. The van der Waals surface area contributed by atoms with Crippen molar-refractivity contribution >= 4 is 27.3 Å². The van der Waals surface area contributed by atoms with Crippen LogP contribution in [0.2, 0.25) is 0 Å². The fourth-order valence-corrected chi connectivity index (χ4v) is 3.13. The Bertz CT molecular complexity index is 889. The van der Waals surface area contributed by atoms with Crippen molar-refractivity contribution in [2.24, 2.45) is 0 Å². The first-order chi connectivity index (χ1) is 11.6. The fraction of sp³-hybridized carbons (Fsp3) is 0.316. The van der Waals surface area contributed by atoms with Gasteiger partial charge < -0.3 is 5.32 Å². The first-order valence-electron chi connectivity index (χ1n) is 8.06. The van der Waals surface area contributed by atoms with Crippen LogP contribution in [-0.4, -0.2) is 27.6 Å². The lowest BCUT2D eigenvalue weighted by molar-refractivity contribution is 0.102. The first-order valence-corrected chi connectivity index (χ1v) is 9.91. The van der Waals surface area contributed by atoms with E-state index >= 15 is 0 Å². The van der Waals surface area contributed by atoms with Gasteiger partial charge in [-0.05, 0) is 42.2 Å². The number of carbonyl (C=O) groups is 1. The molecule has 0 atom stereocenters. The molecule has 0 radical (unpaired) electrons. The number of rotatable bonds is 5. The molecule has 0 heterocycles. The van der Waals surface area contributed by atoms with E-state index in [1.807, 2.05) is 31.2 Å². The molecule has 6 heteroatoms. The molecule has 0 aliphatic rings. The third-order valence-electron chi connectivity index (χ3n) is 4.14. The maximum atomic E-state index is 12.6. The van der Waals surface area contributed by atoms with Crippen LogP contribution in [0.5, 0.6) is 0 Å². The number of nitrogens with zero attached hydrogens (tertiary/aromatic N) is 1. The second-order valence-corrected chi connectivity index (χ2v) is 8.44. The summed E-state index contributed by atoms with van der Waals surface area (Å²) in [4.78, 5) is 12.6. The molecule has 0 fully saturated rings. The maximum Gasteiger partial charge on any atom is 0.255 e. The van der Waals surface area contributed by atoms with E-state index in [0.29, 0.717) is 11.3 Å². The number of anilines is 2. The Labute approximate surface area is 149 Å². The molecule has 0 aliphatic carbocycles. The van der Waals surface area contributed by atoms with Gasteiger partial charge in [0.05, 0.1) is 11.9 Å². The minimum Gasteiger partial charge on any atom is -0.322 e. The molecule has 5 nitrogen and oxygen atoms in total. The molecule has 0 saturated heterocycles. The van der Waals surface area contributed by atoms with E-state index in [0.717, 1.165) is 23.1 Å². The van der Waals surface area contributed by atoms with Gasteiger partial charge in [-0.2, -0.15) is 0 Å². The van der Waals surface area contributed by atoms with Crippen LogP contribution in [0.4, 0.5) is 11.4 Å². The van der Waals surface area contributed by atoms with E-state index in [1.54, 1.807) is 18.2 Å². The van der Waals surface area contributed by atoms with Crippen LogP contribution in [0.25, 0.3) is 0 Å². The van der Waals surface area contributed by atoms with Gasteiger partial charge in [0.1, 0.15) is 0 Å². The van der Waals surface area contributed by atoms with Crippen molar-refractivity contribution < 1.29 is 13.2 Å². The van der Waals surface area contributed by atoms with Crippen LogP contribution in [0.1, 0.15) is 41.3 Å². The van der Waals surface area contributed by atoms with Gasteiger partial charge in [0.25, 0.3) is 5.91 Å². The minimum absolute atomic E-state index is 0.267. The van der Waals surface area contributed by atoms with Crippen LogP contribution >= 0.6 is 0 Å². The lowest BCUT2D eigenvalue weighted by Gasteiger charge is -2.20. The van der Waals surface area contributed by atoms with Gasteiger partial charge >= 0.3 is 0 Å². The van der Waals surface area contributed by atoms with Gasteiger partial charge in [0.15, 0.2) is 0 Å². The van der Waals surface area contributed by atoms with E-state index in [4.69, 9.17) is 0 Å². The van der Waals surface area contributed by atoms with Crippen molar-refractivity contribution in [3.05, 3.63) is 59.2 Å². The maximum absolute atomic E-state index is 12.6. The van der Waals surface area contributed by atoms with Crippen LogP contribution in [0.15, 0.2) is 42.5 Å². The number of carbonyl (C=O) groups excluding carboxylic acids is 1. The summed E-state index contributed by atoms with van der Waals surface area (Å²) < 4.78 is 24.8. The van der Waals surface area contributed by atoms with Crippen LogP contribution in [0.3, 0.4) is 0 Å².